The summed E-state index contributed by atoms with van der Waals surface area (Å²) in [5, 5.41) is 2.09. The lowest BCUT2D eigenvalue weighted by molar-refractivity contribution is 0.765. The van der Waals surface area contributed by atoms with Crippen molar-refractivity contribution in [3.8, 4) is 0 Å². The van der Waals surface area contributed by atoms with Crippen molar-refractivity contribution in [2.45, 2.75) is 104 Å². The first kappa shape index (κ1) is 27.8. The lowest BCUT2D eigenvalue weighted by atomic mass is 10.3. The van der Waals surface area contributed by atoms with E-state index in [2.05, 4.69) is 83.1 Å². The first-order chi connectivity index (χ1) is 12.4. The SMILES string of the molecule is CC(C)(C)P1CCP(C(C)(C)C)CCP(C(C)(C)C)CCP(C(C)(C)C)CC1. The van der Waals surface area contributed by atoms with Gasteiger partial charge >= 0.3 is 0 Å². The predicted molar refractivity (Wildman–Crippen MR) is 146 cm³/mol. The Morgan fingerprint density at radius 2 is 0.393 bits per heavy atom. The van der Waals surface area contributed by atoms with Crippen molar-refractivity contribution < 1.29 is 0 Å². The Morgan fingerprint density at radius 1 is 0.286 bits per heavy atom. The fraction of sp³-hybridized carbons (Fsp3) is 1.00. The van der Waals surface area contributed by atoms with Crippen LogP contribution in [0.15, 0.2) is 0 Å². The van der Waals surface area contributed by atoms with E-state index in [1.165, 1.54) is 49.3 Å². The Kier molecular flexibility index (Phi) is 10.5. The third-order valence-corrected chi connectivity index (χ3v) is 21.5. The number of rotatable bonds is 0. The van der Waals surface area contributed by atoms with E-state index in [1.54, 1.807) is 0 Å². The topological polar surface area (TPSA) is 0 Å². The Morgan fingerprint density at radius 3 is 0.464 bits per heavy atom. The van der Waals surface area contributed by atoms with Gasteiger partial charge in [-0.2, -0.15) is 0 Å². The molecule has 1 aliphatic heterocycles. The maximum atomic E-state index is 2.53. The van der Waals surface area contributed by atoms with Crippen molar-refractivity contribution in [3.63, 3.8) is 0 Å². The van der Waals surface area contributed by atoms with Crippen molar-refractivity contribution in [2.75, 3.05) is 49.3 Å². The molecule has 0 nitrogen and oxygen atoms in total. The van der Waals surface area contributed by atoms with Crippen LogP contribution < -0.4 is 0 Å². The van der Waals surface area contributed by atoms with E-state index < -0.39 is 0 Å². The van der Waals surface area contributed by atoms with Crippen molar-refractivity contribution in [3.05, 3.63) is 0 Å². The lowest BCUT2D eigenvalue weighted by Crippen LogP contribution is -2.26. The molecule has 0 bridgehead atoms. The van der Waals surface area contributed by atoms with E-state index in [9.17, 15) is 0 Å². The first-order valence-electron chi connectivity index (χ1n) is 11.4. The molecule has 0 N–H and O–H groups in total. The van der Waals surface area contributed by atoms with Gasteiger partial charge in [0.1, 0.15) is 0 Å². The molecule has 1 fully saturated rings. The molecular weight excluding hydrogens is 412 g/mol. The summed E-state index contributed by atoms with van der Waals surface area (Å²) >= 11 is 0. The van der Waals surface area contributed by atoms with Gasteiger partial charge < -0.3 is 0 Å². The first-order valence-corrected chi connectivity index (χ1v) is 18.3. The molecule has 1 saturated heterocycles. The second-order valence-corrected chi connectivity index (χ2v) is 25.9. The Balaban J connectivity index is 3.12. The molecule has 0 aromatic heterocycles. The molecule has 0 atom stereocenters. The third-order valence-electron chi connectivity index (χ3n) is 6.35. The summed E-state index contributed by atoms with van der Waals surface area (Å²) in [5.74, 6) is 0. The van der Waals surface area contributed by atoms with Gasteiger partial charge in [-0.25, -0.2) is 0 Å². The largest absolute Gasteiger partial charge is 0.100 e. The smallest absolute Gasteiger partial charge is 0.0179 e. The minimum Gasteiger partial charge on any atom is -0.100 e. The van der Waals surface area contributed by atoms with Gasteiger partial charge in [0.2, 0.25) is 0 Å². The minimum atomic E-state index is 0.151. The van der Waals surface area contributed by atoms with Crippen LogP contribution in [0.4, 0.5) is 0 Å². The highest BCUT2D eigenvalue weighted by atomic mass is 31.1. The molecule has 0 aliphatic carbocycles. The normalized spacial score (nSPS) is 30.4. The average molecular weight is 465 g/mol. The van der Waals surface area contributed by atoms with Gasteiger partial charge in [0, 0.05) is 0 Å². The molecule has 4 heteroatoms. The maximum absolute atomic E-state index is 2.53. The van der Waals surface area contributed by atoms with E-state index in [0.29, 0.717) is 20.6 Å². The van der Waals surface area contributed by atoms with Gasteiger partial charge in [0.15, 0.2) is 0 Å². The van der Waals surface area contributed by atoms with Gasteiger partial charge in [-0.15, -0.1) is 31.7 Å². The van der Waals surface area contributed by atoms with Gasteiger partial charge in [-0.1, -0.05) is 83.1 Å². The lowest BCUT2D eigenvalue weighted by Gasteiger charge is -2.42. The summed E-state index contributed by atoms with van der Waals surface area (Å²) in [4.78, 5) is 0. The molecule has 0 radical (unpaired) electrons. The Hall–Kier alpha value is 1.72. The zero-order chi connectivity index (χ0) is 22.0. The fourth-order valence-electron chi connectivity index (χ4n) is 4.10. The summed E-state index contributed by atoms with van der Waals surface area (Å²) in [6, 6.07) is 0. The van der Waals surface area contributed by atoms with Gasteiger partial charge in [0.05, 0.1) is 0 Å². The third kappa shape index (κ3) is 9.47. The standard InChI is InChI=1S/C24H52P4/c1-21(2,3)25-13-15-26(22(4,5)6)17-19-28(24(10,11)12)20-18-27(16-14-25)23(7,8)9/h13-20H2,1-12H3. The van der Waals surface area contributed by atoms with Gasteiger partial charge in [-0.3, -0.25) is 0 Å². The molecule has 0 aromatic rings. The molecule has 1 heterocycles. The van der Waals surface area contributed by atoms with Crippen molar-refractivity contribution >= 4 is 31.7 Å². The monoisotopic (exact) mass is 464 g/mol. The molecular formula is C24H52P4. The van der Waals surface area contributed by atoms with Crippen molar-refractivity contribution in [1.82, 2.24) is 0 Å². The molecule has 0 aromatic carbocycles. The maximum Gasteiger partial charge on any atom is -0.0179 e. The van der Waals surface area contributed by atoms with Crippen LogP contribution in [0.25, 0.3) is 0 Å². The highest BCUT2D eigenvalue weighted by Crippen LogP contribution is 2.62. The summed E-state index contributed by atoms with van der Waals surface area (Å²) in [6.45, 7) is 30.4. The summed E-state index contributed by atoms with van der Waals surface area (Å²) in [6.07, 6.45) is 12.2. The fourth-order valence-corrected chi connectivity index (χ4v) is 18.1. The van der Waals surface area contributed by atoms with E-state index >= 15 is 0 Å². The van der Waals surface area contributed by atoms with Crippen LogP contribution in [0.2, 0.25) is 0 Å². The van der Waals surface area contributed by atoms with E-state index in [-0.39, 0.29) is 31.7 Å². The van der Waals surface area contributed by atoms with Crippen molar-refractivity contribution in [2.24, 2.45) is 0 Å². The van der Waals surface area contributed by atoms with E-state index in [1.807, 2.05) is 0 Å². The van der Waals surface area contributed by atoms with Crippen LogP contribution in [0.3, 0.4) is 0 Å². The molecule has 0 amide bonds. The summed E-state index contributed by atoms with van der Waals surface area (Å²) < 4.78 is 0. The van der Waals surface area contributed by atoms with Gasteiger partial charge in [-0.05, 0) is 69.9 Å². The zero-order valence-electron chi connectivity index (χ0n) is 21.4. The highest BCUT2D eigenvalue weighted by molar-refractivity contribution is 7.67. The van der Waals surface area contributed by atoms with Crippen LogP contribution in [0.5, 0.6) is 0 Å². The average Bonchev–Trinajstić information content (AvgIpc) is 2.42. The van der Waals surface area contributed by atoms with Crippen LogP contribution >= 0.6 is 31.7 Å². The molecule has 0 unspecified atom stereocenters. The van der Waals surface area contributed by atoms with E-state index in [4.69, 9.17) is 0 Å². The van der Waals surface area contributed by atoms with Crippen molar-refractivity contribution in [1.29, 1.82) is 0 Å². The summed E-state index contributed by atoms with van der Waals surface area (Å²) in [5.41, 5.74) is 0. The highest BCUT2D eigenvalue weighted by Gasteiger charge is 2.34. The van der Waals surface area contributed by atoms with Crippen LogP contribution in [0, 0.1) is 0 Å². The second-order valence-electron chi connectivity index (χ2n) is 12.6. The van der Waals surface area contributed by atoms with Gasteiger partial charge in [0.25, 0.3) is 0 Å². The second kappa shape index (κ2) is 10.6. The van der Waals surface area contributed by atoms with Crippen LogP contribution in [0.1, 0.15) is 83.1 Å². The molecule has 28 heavy (non-hydrogen) atoms. The Bertz CT molecular complexity index is 355. The predicted octanol–water partition coefficient (Wildman–Crippen LogP) is 9.12. The quantitative estimate of drug-likeness (QED) is 0.314. The van der Waals surface area contributed by atoms with Crippen LogP contribution in [-0.4, -0.2) is 69.9 Å². The molecule has 0 saturated carbocycles. The van der Waals surface area contributed by atoms with Crippen LogP contribution in [-0.2, 0) is 0 Å². The number of hydrogen-bond donors (Lipinski definition) is 0. The molecule has 0 spiro atoms. The minimum absolute atomic E-state index is 0.151. The molecule has 168 valence electrons. The zero-order valence-corrected chi connectivity index (χ0v) is 25.0. The summed E-state index contributed by atoms with van der Waals surface area (Å²) in [7, 11) is 0.603. The van der Waals surface area contributed by atoms with E-state index in [0.717, 1.165) is 0 Å². The molecule has 1 rings (SSSR count). The molecule has 1 aliphatic rings. The number of hydrogen-bond acceptors (Lipinski definition) is 0. The Labute approximate surface area is 184 Å².